The summed E-state index contributed by atoms with van der Waals surface area (Å²) < 4.78 is 4.54. The molecular weight excluding hydrogens is 273 g/mol. The minimum Gasteiger partial charge on any atom is -0.547 e. The number of hydrogen-bond donors (Lipinski definition) is 1. The topological polar surface area (TPSA) is 95.5 Å². The van der Waals surface area contributed by atoms with Crippen molar-refractivity contribution in [2.24, 2.45) is 0 Å². The Bertz CT molecular complexity index is 463. The molecule has 1 rings (SSSR count). The van der Waals surface area contributed by atoms with Gasteiger partial charge in [0.15, 0.2) is 6.04 Å². The molecule has 1 aromatic carbocycles. The average molecular weight is 287 g/mol. The second kappa shape index (κ2) is 9.52. The Labute approximate surface area is 138 Å². The van der Waals surface area contributed by atoms with Gasteiger partial charge in [0.2, 0.25) is 5.91 Å². The van der Waals surface area contributed by atoms with Crippen LogP contribution in [0, 0.1) is 0 Å². The molecule has 0 aliphatic rings. The Morgan fingerprint density at radius 1 is 1.25 bits per heavy atom. The first-order valence-electron chi connectivity index (χ1n) is 5.75. The number of hydrogen-bond acceptors (Lipinski definition) is 5. The minimum atomic E-state index is -1.78. The summed E-state index contributed by atoms with van der Waals surface area (Å²) in [7, 11) is 0. The van der Waals surface area contributed by atoms with E-state index in [0.29, 0.717) is 5.56 Å². The van der Waals surface area contributed by atoms with Gasteiger partial charge in [-0.05, 0) is 12.5 Å². The summed E-state index contributed by atoms with van der Waals surface area (Å²) in [6, 6.07) is 6.96. The van der Waals surface area contributed by atoms with Crippen molar-refractivity contribution < 1.29 is 53.8 Å². The van der Waals surface area contributed by atoms with E-state index in [-0.39, 0.29) is 42.6 Å². The van der Waals surface area contributed by atoms with Crippen molar-refractivity contribution in [2.75, 3.05) is 6.61 Å². The second-order valence-corrected chi connectivity index (χ2v) is 3.73. The molecular formula is C13H14NNaO5. The van der Waals surface area contributed by atoms with Crippen LogP contribution in [0.1, 0.15) is 12.5 Å². The van der Waals surface area contributed by atoms with Gasteiger partial charge in [-0.25, -0.2) is 4.79 Å². The summed E-state index contributed by atoms with van der Waals surface area (Å²) in [6.45, 7) is 1.56. The van der Waals surface area contributed by atoms with Gasteiger partial charge in [0.05, 0.1) is 19.0 Å². The van der Waals surface area contributed by atoms with E-state index in [1.807, 2.05) is 0 Å². The first-order chi connectivity index (χ1) is 9.04. The van der Waals surface area contributed by atoms with Gasteiger partial charge in [-0.3, -0.25) is 4.79 Å². The van der Waals surface area contributed by atoms with Gasteiger partial charge < -0.3 is 20.0 Å². The minimum absolute atomic E-state index is 0. The van der Waals surface area contributed by atoms with E-state index in [1.54, 1.807) is 30.3 Å². The molecule has 1 atom stereocenters. The van der Waals surface area contributed by atoms with Crippen molar-refractivity contribution in [3.63, 3.8) is 0 Å². The third-order valence-corrected chi connectivity index (χ3v) is 2.27. The van der Waals surface area contributed by atoms with Gasteiger partial charge in [-0.15, -0.1) is 0 Å². The Kier molecular flexibility index (Phi) is 8.87. The zero-order chi connectivity index (χ0) is 14.3. The number of benzene rings is 1. The zero-order valence-electron chi connectivity index (χ0n) is 11.4. The Morgan fingerprint density at radius 2 is 1.85 bits per heavy atom. The second-order valence-electron chi connectivity index (χ2n) is 3.73. The van der Waals surface area contributed by atoms with Crippen LogP contribution >= 0.6 is 0 Å². The number of carboxylic acid groups (broad SMARTS) is 1. The van der Waals surface area contributed by atoms with E-state index in [9.17, 15) is 19.5 Å². The molecule has 0 bridgehead atoms. The molecule has 1 amide bonds. The first-order valence-corrected chi connectivity index (χ1v) is 5.75. The van der Waals surface area contributed by atoms with Crippen molar-refractivity contribution in [3.05, 3.63) is 35.9 Å². The smallest absolute Gasteiger partial charge is 0.547 e. The van der Waals surface area contributed by atoms with Crippen LogP contribution in [0.25, 0.3) is 0 Å². The summed E-state index contributed by atoms with van der Waals surface area (Å²) in [5.74, 6) is -3.32. The summed E-state index contributed by atoms with van der Waals surface area (Å²) >= 11 is 0. The summed E-state index contributed by atoms with van der Waals surface area (Å²) in [4.78, 5) is 33.7. The third-order valence-electron chi connectivity index (χ3n) is 2.27. The molecule has 20 heavy (non-hydrogen) atoms. The molecule has 0 aromatic heterocycles. The molecule has 1 N–H and O–H groups in total. The van der Waals surface area contributed by atoms with Crippen molar-refractivity contribution in [1.82, 2.24) is 5.32 Å². The molecule has 0 aliphatic carbocycles. The van der Waals surface area contributed by atoms with Gasteiger partial charge in [-0.1, -0.05) is 30.3 Å². The van der Waals surface area contributed by atoms with E-state index in [1.165, 1.54) is 6.92 Å². The number of esters is 1. The van der Waals surface area contributed by atoms with Crippen LogP contribution in [0.15, 0.2) is 30.3 Å². The van der Waals surface area contributed by atoms with Gasteiger partial charge in [0.25, 0.3) is 0 Å². The number of ether oxygens (including phenoxy) is 1. The van der Waals surface area contributed by atoms with Gasteiger partial charge in [0.1, 0.15) is 0 Å². The van der Waals surface area contributed by atoms with Gasteiger partial charge in [0, 0.05) is 0 Å². The van der Waals surface area contributed by atoms with E-state index in [4.69, 9.17) is 0 Å². The number of nitrogens with one attached hydrogen (secondary N) is 1. The summed E-state index contributed by atoms with van der Waals surface area (Å²) in [5, 5.41) is 12.9. The number of carbonyl (C=O) groups excluding carboxylic acids is 3. The molecule has 102 valence electrons. The fourth-order valence-electron chi connectivity index (χ4n) is 1.43. The van der Waals surface area contributed by atoms with Crippen LogP contribution in [-0.2, 0) is 25.5 Å². The fourth-order valence-corrected chi connectivity index (χ4v) is 1.43. The molecule has 0 radical (unpaired) electrons. The summed E-state index contributed by atoms with van der Waals surface area (Å²) in [6.07, 6.45) is -0.0238. The average Bonchev–Trinajstić information content (AvgIpc) is 2.37. The molecule has 0 fully saturated rings. The Morgan fingerprint density at radius 3 is 2.35 bits per heavy atom. The number of aliphatic carboxylic acids is 1. The van der Waals surface area contributed by atoms with Crippen LogP contribution in [0.4, 0.5) is 0 Å². The molecule has 0 saturated heterocycles. The standard InChI is InChI=1S/C13H15NO5.Na/c1-2-19-13(18)11(12(16)17)14-10(15)8-9-6-4-3-5-7-9;/h3-7,11H,2,8H2,1H3,(H,14,15)(H,16,17);/q;+1/p-1. The molecule has 1 aromatic rings. The van der Waals surface area contributed by atoms with E-state index >= 15 is 0 Å². The maximum absolute atomic E-state index is 11.6. The van der Waals surface area contributed by atoms with Crippen LogP contribution in [0.5, 0.6) is 0 Å². The van der Waals surface area contributed by atoms with Gasteiger partial charge in [-0.2, -0.15) is 0 Å². The molecule has 6 nitrogen and oxygen atoms in total. The van der Waals surface area contributed by atoms with Crippen LogP contribution in [0.2, 0.25) is 0 Å². The predicted octanol–water partition coefficient (Wildman–Crippen LogP) is -3.97. The maximum atomic E-state index is 11.6. The van der Waals surface area contributed by atoms with E-state index in [2.05, 4.69) is 10.1 Å². The Hall–Kier alpha value is -1.37. The van der Waals surface area contributed by atoms with Gasteiger partial charge >= 0.3 is 35.5 Å². The number of carbonyl (C=O) groups is 3. The first kappa shape index (κ1) is 18.6. The largest absolute Gasteiger partial charge is 1.00 e. The number of rotatable bonds is 6. The quantitative estimate of drug-likeness (QED) is 0.327. The van der Waals surface area contributed by atoms with Crippen LogP contribution < -0.4 is 40.0 Å². The zero-order valence-corrected chi connectivity index (χ0v) is 13.4. The van der Waals surface area contributed by atoms with Crippen molar-refractivity contribution in [3.8, 4) is 0 Å². The van der Waals surface area contributed by atoms with Crippen molar-refractivity contribution in [2.45, 2.75) is 19.4 Å². The monoisotopic (exact) mass is 287 g/mol. The molecule has 0 spiro atoms. The number of carboxylic acids is 1. The predicted molar refractivity (Wildman–Crippen MR) is 63.7 cm³/mol. The molecule has 0 heterocycles. The van der Waals surface area contributed by atoms with Crippen LogP contribution in [0.3, 0.4) is 0 Å². The van der Waals surface area contributed by atoms with E-state index < -0.39 is 23.9 Å². The summed E-state index contributed by atoms with van der Waals surface area (Å²) in [5.41, 5.74) is 0.709. The SMILES string of the molecule is CCOC(=O)C(NC(=O)Cc1ccccc1)C(=O)[O-].[Na+]. The molecule has 7 heteroatoms. The third kappa shape index (κ3) is 6.18. The number of amides is 1. The normalized spacial score (nSPS) is 10.8. The van der Waals surface area contributed by atoms with Crippen molar-refractivity contribution >= 4 is 17.8 Å². The molecule has 0 aliphatic heterocycles. The van der Waals surface area contributed by atoms with Crippen molar-refractivity contribution in [1.29, 1.82) is 0 Å². The Balaban J connectivity index is 0.00000361. The molecule has 1 unspecified atom stereocenters. The van der Waals surface area contributed by atoms with Crippen LogP contribution in [-0.4, -0.2) is 30.5 Å². The maximum Gasteiger partial charge on any atom is 1.00 e. The molecule has 0 saturated carbocycles. The van der Waals surface area contributed by atoms with E-state index in [0.717, 1.165) is 0 Å². The fraction of sp³-hybridized carbons (Fsp3) is 0.308.